The highest BCUT2D eigenvalue weighted by Gasteiger charge is 2.07. The monoisotopic (exact) mass is 1090 g/mol. The molecule has 63 heavy (non-hydrogen) atoms. The fraction of sp³-hybridized carbons (Fsp3) is 1.00. The molecule has 0 atom stereocenters. The van der Waals surface area contributed by atoms with Gasteiger partial charge in [-0.3, -0.25) is 0 Å². The average Bonchev–Trinajstić information content (AvgIpc) is 3.17. The van der Waals surface area contributed by atoms with Gasteiger partial charge in [0.25, 0.3) is 0 Å². The lowest BCUT2D eigenvalue weighted by molar-refractivity contribution is -0.870. The van der Waals surface area contributed by atoms with E-state index in [2.05, 4.69) is 84.2 Å². The van der Waals surface area contributed by atoms with Crippen molar-refractivity contribution < 1.29 is 66.8 Å². The van der Waals surface area contributed by atoms with E-state index in [0.717, 1.165) is 13.4 Å². The molecule has 0 aromatic carbocycles. The summed E-state index contributed by atoms with van der Waals surface area (Å²) < 4.78 is 3.37. The minimum atomic E-state index is 0. The van der Waals surface area contributed by atoms with Crippen molar-refractivity contribution in [2.45, 2.75) is 290 Å². The second-order valence-corrected chi connectivity index (χ2v) is 22.8. The first-order valence-corrected chi connectivity index (χ1v) is 28.1. The van der Waals surface area contributed by atoms with Crippen LogP contribution in [0.4, 0.5) is 0 Å². The third-order valence-corrected chi connectivity index (χ3v) is 12.5. The van der Waals surface area contributed by atoms with Crippen molar-refractivity contribution in [3.63, 3.8) is 0 Å². The molecular weight excluding hydrogens is 969 g/mol. The smallest absolute Gasteiger partial charge is 0.0780 e. The molecule has 0 fully saturated rings. The van der Waals surface area contributed by atoms with E-state index in [1.807, 2.05) is 0 Å². The molecule has 0 spiro atoms. The predicted molar refractivity (Wildman–Crippen MR) is 280 cm³/mol. The molecule has 0 aliphatic rings. The van der Waals surface area contributed by atoms with Crippen molar-refractivity contribution in [3.8, 4) is 0 Å². The summed E-state index contributed by atoms with van der Waals surface area (Å²) in [6, 6.07) is 0. The maximum absolute atomic E-state index is 2.29. The Morgan fingerprint density at radius 2 is 0.286 bits per heavy atom. The molecule has 0 aromatic rings. The zero-order valence-electron chi connectivity index (χ0n) is 46.3. The third kappa shape index (κ3) is 87.0. The van der Waals surface area contributed by atoms with Crippen LogP contribution in [0.5, 0.6) is 0 Å². The van der Waals surface area contributed by atoms with E-state index >= 15 is 0 Å². The van der Waals surface area contributed by atoms with E-state index in [4.69, 9.17) is 0 Å². The van der Waals surface area contributed by atoms with E-state index in [9.17, 15) is 0 Å². The Bertz CT molecular complexity index is 664. The first-order chi connectivity index (χ1) is 28.7. The lowest BCUT2D eigenvalue weighted by atomic mass is 10.0. The SMILES string of the molecule is CCCCCCCCCCCCCCCC[N+](C)(C)C.CCCCCCCCCCCCCCCC[N+](C)(C)C.CCCCCCCCCCCCCCCC[N+](C)(C)C.[Br-].[Cl-].[I-]. The summed E-state index contributed by atoms with van der Waals surface area (Å²) in [5.74, 6) is 0. The zero-order valence-corrected chi connectivity index (χ0v) is 50.8. The molecule has 0 saturated carbocycles. The highest BCUT2D eigenvalue weighted by molar-refractivity contribution is 4.52. The van der Waals surface area contributed by atoms with E-state index < -0.39 is 0 Å². The Labute approximate surface area is 437 Å². The molecule has 3 nitrogen and oxygen atoms in total. The van der Waals surface area contributed by atoms with Crippen LogP contribution in [0.25, 0.3) is 0 Å². The second kappa shape index (κ2) is 59.5. The minimum absolute atomic E-state index is 0. The number of quaternary nitrogens is 3. The van der Waals surface area contributed by atoms with E-state index in [1.54, 1.807) is 0 Å². The maximum atomic E-state index is 2.29. The van der Waals surface area contributed by atoms with Gasteiger partial charge in [-0.25, -0.2) is 0 Å². The molecule has 0 saturated heterocycles. The maximum Gasteiger partial charge on any atom is 0.0780 e. The molecule has 0 bridgehead atoms. The van der Waals surface area contributed by atoms with Crippen LogP contribution in [-0.2, 0) is 0 Å². The molecule has 0 aliphatic heterocycles. The van der Waals surface area contributed by atoms with Crippen LogP contribution < -0.4 is 53.4 Å². The molecule has 0 radical (unpaired) electrons. The molecule has 0 N–H and O–H groups in total. The van der Waals surface area contributed by atoms with Gasteiger partial charge in [-0.15, -0.1) is 0 Å². The number of rotatable bonds is 45. The van der Waals surface area contributed by atoms with Crippen molar-refractivity contribution in [1.82, 2.24) is 0 Å². The van der Waals surface area contributed by atoms with E-state index in [1.165, 1.54) is 289 Å². The predicted octanol–water partition coefficient (Wildman–Crippen LogP) is 9.53. The van der Waals surface area contributed by atoms with E-state index in [-0.39, 0.29) is 53.4 Å². The molecule has 0 rings (SSSR count). The molecule has 0 unspecified atom stereocenters. The first kappa shape index (κ1) is 75.9. The van der Waals surface area contributed by atoms with E-state index in [0.29, 0.717) is 0 Å². The van der Waals surface area contributed by atoms with Crippen molar-refractivity contribution in [1.29, 1.82) is 0 Å². The van der Waals surface area contributed by atoms with Crippen LogP contribution in [0.3, 0.4) is 0 Å². The summed E-state index contributed by atoms with van der Waals surface area (Å²) >= 11 is 0. The number of nitrogens with zero attached hydrogens (tertiary/aromatic N) is 3. The average molecular weight is 1100 g/mol. The van der Waals surface area contributed by atoms with Gasteiger partial charge >= 0.3 is 0 Å². The highest BCUT2D eigenvalue weighted by Crippen LogP contribution is 2.16. The largest absolute Gasteiger partial charge is 1.00 e. The van der Waals surface area contributed by atoms with Crippen LogP contribution >= 0.6 is 0 Å². The standard InChI is InChI=1S/3C19H42N.BrH.ClH.HI/c3*1-5-6-7-8-9-10-11-12-13-14-15-16-17-18-19-20(2,3)4;;;/h3*5-19H2,1-4H3;3*1H/q3*+1;;;/p-3. The van der Waals surface area contributed by atoms with Crippen LogP contribution in [0.15, 0.2) is 0 Å². The van der Waals surface area contributed by atoms with Gasteiger partial charge in [0.2, 0.25) is 0 Å². The molecule has 6 heteroatoms. The van der Waals surface area contributed by atoms with Gasteiger partial charge in [-0.05, 0) is 38.5 Å². The molecule has 0 aromatic heterocycles. The summed E-state index contributed by atoms with van der Waals surface area (Å²) in [6.07, 6.45) is 61.1. The zero-order chi connectivity index (χ0) is 45.3. The Kier molecular flexibility index (Phi) is 71.7. The second-order valence-electron chi connectivity index (χ2n) is 22.8. The summed E-state index contributed by atoms with van der Waals surface area (Å²) in [5.41, 5.74) is 0. The van der Waals surface area contributed by atoms with Crippen molar-refractivity contribution >= 4 is 0 Å². The fourth-order valence-electron chi connectivity index (χ4n) is 8.34. The van der Waals surface area contributed by atoms with Gasteiger partial charge in [0, 0.05) is 0 Å². The topological polar surface area (TPSA) is 0 Å². The van der Waals surface area contributed by atoms with Crippen LogP contribution in [0, 0.1) is 0 Å². The molecule has 0 amide bonds. The summed E-state index contributed by atoms with van der Waals surface area (Å²) in [6.45, 7) is 10.9. The number of unbranched alkanes of at least 4 members (excludes halogenated alkanes) is 39. The Hall–Kier alpha value is 1.38. The Balaban J connectivity index is -0.000000189. The van der Waals surface area contributed by atoms with Crippen molar-refractivity contribution in [2.24, 2.45) is 0 Å². The van der Waals surface area contributed by atoms with Gasteiger partial charge in [-0.2, -0.15) is 0 Å². The Morgan fingerprint density at radius 3 is 0.381 bits per heavy atom. The van der Waals surface area contributed by atoms with Crippen molar-refractivity contribution in [3.05, 3.63) is 0 Å². The normalized spacial score (nSPS) is 11.4. The Morgan fingerprint density at radius 1 is 0.190 bits per heavy atom. The lowest BCUT2D eigenvalue weighted by Crippen LogP contribution is -3.00. The van der Waals surface area contributed by atoms with Gasteiger partial charge in [-0.1, -0.05) is 252 Å². The van der Waals surface area contributed by atoms with Gasteiger partial charge in [0.05, 0.1) is 83.1 Å². The number of halogens is 3. The van der Waals surface area contributed by atoms with Gasteiger partial charge in [0.15, 0.2) is 0 Å². The minimum Gasteiger partial charge on any atom is -1.00 e. The number of hydrogen-bond acceptors (Lipinski definition) is 0. The van der Waals surface area contributed by atoms with Crippen LogP contribution in [0.2, 0.25) is 0 Å². The molecule has 0 aliphatic carbocycles. The molecular formula is C57H126BrClIN3. The van der Waals surface area contributed by atoms with Crippen LogP contribution in [0.1, 0.15) is 290 Å². The van der Waals surface area contributed by atoms with Gasteiger partial charge < -0.3 is 66.8 Å². The fourth-order valence-corrected chi connectivity index (χ4v) is 8.34. The quantitative estimate of drug-likeness (QED) is 0.0324. The molecule has 390 valence electrons. The number of hydrogen-bond donors (Lipinski definition) is 0. The lowest BCUT2D eigenvalue weighted by Gasteiger charge is -2.23. The van der Waals surface area contributed by atoms with Crippen LogP contribution in [-0.4, -0.2) is 96.5 Å². The van der Waals surface area contributed by atoms with Gasteiger partial charge in [0.1, 0.15) is 0 Å². The first-order valence-electron chi connectivity index (χ1n) is 28.1. The molecule has 0 heterocycles. The van der Waals surface area contributed by atoms with Crippen molar-refractivity contribution in [2.75, 3.05) is 83.1 Å². The summed E-state index contributed by atoms with van der Waals surface area (Å²) in [5, 5.41) is 0. The highest BCUT2D eigenvalue weighted by atomic mass is 127. The summed E-state index contributed by atoms with van der Waals surface area (Å²) in [7, 11) is 20.6. The summed E-state index contributed by atoms with van der Waals surface area (Å²) in [4.78, 5) is 0. The third-order valence-electron chi connectivity index (χ3n) is 12.5.